The number of nitrogens with two attached hydrogens (primary N) is 1. The van der Waals surface area contributed by atoms with Crippen LogP contribution >= 0.6 is 0 Å². The Kier molecular flexibility index (Phi) is 10.2. The number of nitrogens with zero attached hydrogens (tertiary/aromatic N) is 2. The minimum Gasteiger partial charge on any atom is -0.450 e. The number of carbonyl (C=O) groups is 2. The largest absolute Gasteiger partial charge is 0.506 e. The van der Waals surface area contributed by atoms with E-state index in [1.807, 2.05) is 24.3 Å². The lowest BCUT2D eigenvalue weighted by molar-refractivity contribution is -0.121. The number of pyridine rings is 2. The molecule has 0 fully saturated rings. The average molecular weight is 589 g/mol. The van der Waals surface area contributed by atoms with Gasteiger partial charge in [0.05, 0.1) is 42.2 Å². The van der Waals surface area contributed by atoms with Crippen LogP contribution in [0.15, 0.2) is 41.2 Å². The van der Waals surface area contributed by atoms with E-state index in [4.69, 9.17) is 25.3 Å². The summed E-state index contributed by atoms with van der Waals surface area (Å²) in [6.07, 6.45) is 0.625. The maximum Gasteiger partial charge on any atom is 0.506 e. The standard InChI is InChI=1S/C30H32N4O6.C3H8/c1-16(2)8-21-22-12-34-25(9-17(3)23(29(34)36)14-40-30(37)38)28(22)33-24-7-6-19-5-4-18(10-20(19)27(21)24)13-39-15-32-26(35)11-31;1-3-2/h4-7,9-10,16H,8,11-15,31H2,1-3H3,(H,32,35)(H,37,38);3H2,1-2H3. The maximum absolute atomic E-state index is 13.4. The van der Waals surface area contributed by atoms with Gasteiger partial charge in [0.2, 0.25) is 5.91 Å². The quantitative estimate of drug-likeness (QED) is 0.0917. The fourth-order valence-corrected chi connectivity index (χ4v) is 5.36. The molecule has 10 nitrogen and oxygen atoms in total. The van der Waals surface area contributed by atoms with Crippen molar-refractivity contribution in [3.05, 3.63) is 74.6 Å². The van der Waals surface area contributed by atoms with Crippen molar-refractivity contribution < 1.29 is 24.2 Å². The summed E-state index contributed by atoms with van der Waals surface area (Å²) in [4.78, 5) is 40.9. The molecular formula is C33H40N4O6. The molecule has 0 spiro atoms. The number of rotatable bonds is 9. The van der Waals surface area contributed by atoms with Gasteiger partial charge in [-0.3, -0.25) is 9.59 Å². The highest BCUT2D eigenvalue weighted by Gasteiger charge is 2.28. The fraction of sp³-hybridized carbons (Fsp3) is 0.394. The Morgan fingerprint density at radius 2 is 1.84 bits per heavy atom. The van der Waals surface area contributed by atoms with Gasteiger partial charge in [0, 0.05) is 10.9 Å². The molecule has 228 valence electrons. The number of benzene rings is 2. The molecule has 2 aromatic heterocycles. The molecule has 3 heterocycles. The average Bonchev–Trinajstić information content (AvgIpc) is 3.33. The summed E-state index contributed by atoms with van der Waals surface area (Å²) in [5.41, 5.74) is 11.5. The third-order valence-corrected chi connectivity index (χ3v) is 7.21. The highest BCUT2D eigenvalue weighted by Crippen LogP contribution is 2.39. The van der Waals surface area contributed by atoms with Crippen LogP contribution in [0.25, 0.3) is 33.1 Å². The van der Waals surface area contributed by atoms with E-state index < -0.39 is 6.16 Å². The minimum absolute atomic E-state index is 0.0726. The molecule has 2 aromatic carbocycles. The molecule has 0 saturated heterocycles. The predicted molar refractivity (Wildman–Crippen MR) is 167 cm³/mol. The van der Waals surface area contributed by atoms with Crippen LogP contribution in [0.1, 0.15) is 61.9 Å². The van der Waals surface area contributed by atoms with Gasteiger partial charge in [-0.15, -0.1) is 0 Å². The number of hydrogen-bond acceptors (Lipinski definition) is 7. The van der Waals surface area contributed by atoms with Gasteiger partial charge >= 0.3 is 6.16 Å². The van der Waals surface area contributed by atoms with Crippen LogP contribution < -0.4 is 16.6 Å². The van der Waals surface area contributed by atoms with Gasteiger partial charge in [-0.25, -0.2) is 9.78 Å². The van der Waals surface area contributed by atoms with Gasteiger partial charge in [0.15, 0.2) is 0 Å². The molecule has 0 radical (unpaired) electrons. The SMILES string of the molecule is CCC.Cc1cc2n(c(=O)c1COC(=O)O)Cc1c-2nc2ccc3ccc(COCNC(=O)CN)cc3c2c1CC(C)C. The molecule has 0 aliphatic carbocycles. The first-order valence-corrected chi connectivity index (χ1v) is 14.6. The third-order valence-electron chi connectivity index (χ3n) is 7.21. The second kappa shape index (κ2) is 13.8. The van der Waals surface area contributed by atoms with Crippen molar-refractivity contribution in [2.24, 2.45) is 11.7 Å². The Balaban J connectivity index is 0.00000135. The fourth-order valence-electron chi connectivity index (χ4n) is 5.36. The predicted octanol–water partition coefficient (Wildman–Crippen LogP) is 5.25. The van der Waals surface area contributed by atoms with Crippen molar-refractivity contribution in [2.45, 2.75) is 67.2 Å². The summed E-state index contributed by atoms with van der Waals surface area (Å²) >= 11 is 0. The van der Waals surface area contributed by atoms with E-state index in [1.54, 1.807) is 11.5 Å². The van der Waals surface area contributed by atoms with Gasteiger partial charge in [0.25, 0.3) is 5.56 Å². The van der Waals surface area contributed by atoms with E-state index >= 15 is 0 Å². The van der Waals surface area contributed by atoms with Crippen LogP contribution in [0.3, 0.4) is 0 Å². The number of ether oxygens (including phenoxy) is 2. The van der Waals surface area contributed by atoms with Gasteiger partial charge in [-0.1, -0.05) is 52.3 Å². The lowest BCUT2D eigenvalue weighted by Crippen LogP contribution is -2.31. The van der Waals surface area contributed by atoms with Gasteiger partial charge in [-0.2, -0.15) is 0 Å². The van der Waals surface area contributed by atoms with Gasteiger partial charge in [-0.05, 0) is 64.9 Å². The third kappa shape index (κ3) is 6.87. The highest BCUT2D eigenvalue weighted by molar-refractivity contribution is 6.09. The second-order valence-corrected chi connectivity index (χ2v) is 11.2. The Hall–Kier alpha value is -4.28. The number of aromatic nitrogens is 2. The molecule has 10 heteroatoms. The van der Waals surface area contributed by atoms with Crippen LogP contribution in [0.5, 0.6) is 0 Å². The summed E-state index contributed by atoms with van der Waals surface area (Å²) in [7, 11) is 0. The van der Waals surface area contributed by atoms with Crippen molar-refractivity contribution >= 4 is 33.7 Å². The minimum atomic E-state index is -1.42. The van der Waals surface area contributed by atoms with Crippen LogP contribution in [0, 0.1) is 12.8 Å². The first-order valence-electron chi connectivity index (χ1n) is 14.6. The number of aryl methyl sites for hydroxylation is 1. The van der Waals surface area contributed by atoms with E-state index in [9.17, 15) is 14.4 Å². The van der Waals surface area contributed by atoms with Crippen molar-refractivity contribution in [1.82, 2.24) is 14.9 Å². The summed E-state index contributed by atoms with van der Waals surface area (Å²) < 4.78 is 12.0. The van der Waals surface area contributed by atoms with Gasteiger partial charge in [0.1, 0.15) is 13.3 Å². The number of fused-ring (bicyclic) bond motifs is 6. The monoisotopic (exact) mass is 588 g/mol. The zero-order valence-electron chi connectivity index (χ0n) is 25.5. The molecule has 43 heavy (non-hydrogen) atoms. The normalized spacial score (nSPS) is 11.7. The molecule has 0 bridgehead atoms. The van der Waals surface area contributed by atoms with Crippen LogP contribution in [-0.4, -0.2) is 40.0 Å². The smallest absolute Gasteiger partial charge is 0.450 e. The first-order chi connectivity index (χ1) is 20.6. The molecule has 1 aliphatic rings. The lowest BCUT2D eigenvalue weighted by Gasteiger charge is -2.16. The molecule has 4 N–H and O–H groups in total. The van der Waals surface area contributed by atoms with Crippen LogP contribution in [0.4, 0.5) is 4.79 Å². The number of amides is 1. The summed E-state index contributed by atoms with van der Waals surface area (Å²) in [6, 6.07) is 12.1. The molecular weight excluding hydrogens is 548 g/mol. The molecule has 4 aromatic rings. The van der Waals surface area contributed by atoms with E-state index in [-0.39, 0.29) is 31.3 Å². The topological polar surface area (TPSA) is 146 Å². The van der Waals surface area contributed by atoms with E-state index in [2.05, 4.69) is 45.1 Å². The van der Waals surface area contributed by atoms with E-state index in [1.165, 1.54) is 6.42 Å². The van der Waals surface area contributed by atoms with Crippen molar-refractivity contribution in [3.8, 4) is 11.4 Å². The highest BCUT2D eigenvalue weighted by atomic mass is 16.7. The van der Waals surface area contributed by atoms with Crippen molar-refractivity contribution in [1.29, 1.82) is 0 Å². The van der Waals surface area contributed by atoms with Crippen molar-refractivity contribution in [2.75, 3.05) is 13.3 Å². The summed E-state index contributed by atoms with van der Waals surface area (Å²) in [5, 5.41) is 14.7. The Morgan fingerprint density at radius 3 is 2.51 bits per heavy atom. The summed E-state index contributed by atoms with van der Waals surface area (Å²) in [5.74, 6) is 0.0731. The molecule has 0 atom stereocenters. The molecule has 5 rings (SSSR count). The number of nitrogens with one attached hydrogen (secondary N) is 1. The molecule has 0 saturated carbocycles. The van der Waals surface area contributed by atoms with Crippen LogP contribution in [-0.2, 0) is 40.4 Å². The first kappa shape index (κ1) is 31.7. The Labute approximate surface area is 250 Å². The van der Waals surface area contributed by atoms with Crippen LogP contribution in [0.2, 0.25) is 0 Å². The number of hydrogen-bond donors (Lipinski definition) is 3. The molecule has 0 unspecified atom stereocenters. The lowest BCUT2D eigenvalue weighted by atomic mass is 9.90. The molecule has 1 amide bonds. The molecule has 1 aliphatic heterocycles. The van der Waals surface area contributed by atoms with E-state index in [0.29, 0.717) is 30.2 Å². The number of carbonyl (C=O) groups excluding carboxylic acids is 1. The maximum atomic E-state index is 13.4. The zero-order valence-corrected chi connectivity index (χ0v) is 25.5. The zero-order chi connectivity index (χ0) is 31.3. The van der Waals surface area contributed by atoms with Gasteiger partial charge < -0.3 is 30.2 Å². The van der Waals surface area contributed by atoms with Crippen molar-refractivity contribution in [3.63, 3.8) is 0 Å². The Morgan fingerprint density at radius 1 is 1.12 bits per heavy atom. The summed E-state index contributed by atoms with van der Waals surface area (Å²) in [6.45, 7) is 10.7. The second-order valence-electron chi connectivity index (χ2n) is 11.2. The Bertz CT molecular complexity index is 1730. The van der Waals surface area contributed by atoms with E-state index in [0.717, 1.165) is 56.2 Å². The number of carboxylic acid groups (broad SMARTS) is 1.